The Balaban J connectivity index is 3.10. The van der Waals surface area contributed by atoms with Crippen LogP contribution in [0.1, 0.15) is 5.56 Å². The highest BCUT2D eigenvalue weighted by atomic mass is 32.2. The topological polar surface area (TPSA) is 46.5 Å². The summed E-state index contributed by atoms with van der Waals surface area (Å²) in [5, 5.41) is 0. The van der Waals surface area contributed by atoms with Crippen LogP contribution in [0.5, 0.6) is 5.75 Å². The summed E-state index contributed by atoms with van der Waals surface area (Å²) in [4.78, 5) is 0.397. The summed E-state index contributed by atoms with van der Waals surface area (Å²) >= 11 is -1.91. The number of benzene rings is 1. The van der Waals surface area contributed by atoms with E-state index in [1.165, 1.54) is 0 Å². The van der Waals surface area contributed by atoms with Gasteiger partial charge in [-0.05, 0) is 30.7 Å². The zero-order valence-corrected chi connectivity index (χ0v) is 7.72. The van der Waals surface area contributed by atoms with Gasteiger partial charge in [-0.15, -0.1) is 0 Å². The molecule has 4 heteroatoms. The molecule has 1 N–H and O–H groups in total. The molecule has 1 atom stereocenters. The van der Waals surface area contributed by atoms with E-state index in [2.05, 4.69) is 0 Å². The molecule has 1 aromatic rings. The summed E-state index contributed by atoms with van der Waals surface area (Å²) in [5.41, 5.74) is 0.859. The Bertz CT molecular complexity index is 309. The lowest BCUT2D eigenvalue weighted by molar-refractivity contribution is 0.411. The van der Waals surface area contributed by atoms with Gasteiger partial charge in [0.25, 0.3) is 0 Å². The van der Waals surface area contributed by atoms with Crippen molar-refractivity contribution in [3.8, 4) is 5.75 Å². The van der Waals surface area contributed by atoms with Crippen LogP contribution in [-0.2, 0) is 11.1 Å². The van der Waals surface area contributed by atoms with Crippen molar-refractivity contribution >= 4 is 11.1 Å². The predicted molar refractivity (Wildman–Crippen MR) is 46.8 cm³/mol. The largest absolute Gasteiger partial charge is 0.496 e. The lowest BCUT2D eigenvalue weighted by Crippen LogP contribution is -1.91. The van der Waals surface area contributed by atoms with E-state index in [1.807, 2.05) is 6.92 Å². The van der Waals surface area contributed by atoms with Gasteiger partial charge in [-0.1, -0.05) is 0 Å². The first-order valence-corrected chi connectivity index (χ1v) is 4.51. The molecule has 0 aliphatic rings. The fourth-order valence-electron chi connectivity index (χ4n) is 0.960. The molecule has 0 fully saturated rings. The van der Waals surface area contributed by atoms with E-state index < -0.39 is 11.1 Å². The summed E-state index contributed by atoms with van der Waals surface area (Å²) < 4.78 is 24.4. The second-order valence-corrected chi connectivity index (χ2v) is 3.35. The van der Waals surface area contributed by atoms with E-state index in [0.717, 1.165) is 11.3 Å². The minimum absolute atomic E-state index is 0.397. The van der Waals surface area contributed by atoms with Gasteiger partial charge in [-0.3, -0.25) is 0 Å². The zero-order chi connectivity index (χ0) is 9.14. The SMILES string of the molecule is COc1ccc(S(=O)O)cc1C. The standard InChI is InChI=1S/C8H10O3S/c1-6-5-7(12(9)10)3-4-8(6)11-2/h3-5H,1-2H3,(H,9,10). The Kier molecular flexibility index (Phi) is 2.83. The molecule has 0 spiro atoms. The van der Waals surface area contributed by atoms with E-state index in [-0.39, 0.29) is 0 Å². The molecule has 0 saturated heterocycles. The van der Waals surface area contributed by atoms with Gasteiger partial charge in [0.1, 0.15) is 5.75 Å². The third kappa shape index (κ3) is 1.84. The van der Waals surface area contributed by atoms with Crippen LogP contribution in [0.4, 0.5) is 0 Å². The molecule has 0 heterocycles. The summed E-state index contributed by atoms with van der Waals surface area (Å²) in [6.45, 7) is 1.83. The van der Waals surface area contributed by atoms with Crippen molar-refractivity contribution in [2.75, 3.05) is 7.11 Å². The van der Waals surface area contributed by atoms with Crippen molar-refractivity contribution in [3.05, 3.63) is 23.8 Å². The average Bonchev–Trinajstić information content (AvgIpc) is 2.04. The van der Waals surface area contributed by atoms with Crippen molar-refractivity contribution in [1.82, 2.24) is 0 Å². The molecule has 0 aromatic heterocycles. The van der Waals surface area contributed by atoms with Crippen molar-refractivity contribution in [1.29, 1.82) is 0 Å². The van der Waals surface area contributed by atoms with Gasteiger partial charge in [-0.25, -0.2) is 4.21 Å². The molecule has 3 nitrogen and oxygen atoms in total. The third-order valence-electron chi connectivity index (χ3n) is 1.57. The molecule has 1 aromatic carbocycles. The van der Waals surface area contributed by atoms with E-state index in [0.29, 0.717) is 4.90 Å². The molecule has 0 amide bonds. The molecule has 0 saturated carbocycles. The minimum Gasteiger partial charge on any atom is -0.496 e. The number of ether oxygens (including phenoxy) is 1. The van der Waals surface area contributed by atoms with Gasteiger partial charge in [0.15, 0.2) is 11.1 Å². The van der Waals surface area contributed by atoms with Gasteiger partial charge in [0.05, 0.1) is 12.0 Å². The highest BCUT2D eigenvalue weighted by Crippen LogP contribution is 2.19. The number of aryl methyl sites for hydroxylation is 1. The van der Waals surface area contributed by atoms with E-state index >= 15 is 0 Å². The van der Waals surface area contributed by atoms with Gasteiger partial charge in [0, 0.05) is 0 Å². The predicted octanol–water partition coefficient (Wildman–Crippen LogP) is 1.58. The molecule has 1 rings (SSSR count). The summed E-state index contributed by atoms with van der Waals surface area (Å²) in [6.07, 6.45) is 0. The number of hydrogen-bond acceptors (Lipinski definition) is 2. The minimum atomic E-state index is -1.91. The number of methoxy groups -OCH3 is 1. The Labute approximate surface area is 73.7 Å². The fraction of sp³-hybridized carbons (Fsp3) is 0.250. The Hall–Kier alpha value is -0.870. The molecule has 0 aliphatic heterocycles. The molecular formula is C8H10O3S. The van der Waals surface area contributed by atoms with Crippen LogP contribution in [0, 0.1) is 6.92 Å². The maximum Gasteiger partial charge on any atom is 0.186 e. The fourth-order valence-corrected chi connectivity index (χ4v) is 1.42. The molecule has 0 aliphatic carbocycles. The molecule has 1 unspecified atom stereocenters. The quantitative estimate of drug-likeness (QED) is 0.713. The smallest absolute Gasteiger partial charge is 0.186 e. The molecule has 12 heavy (non-hydrogen) atoms. The second-order valence-electron chi connectivity index (χ2n) is 2.38. The summed E-state index contributed by atoms with van der Waals surface area (Å²) in [5.74, 6) is 0.726. The Morgan fingerprint density at radius 1 is 1.50 bits per heavy atom. The van der Waals surface area contributed by atoms with Crippen molar-refractivity contribution in [2.45, 2.75) is 11.8 Å². The Morgan fingerprint density at radius 2 is 2.17 bits per heavy atom. The van der Waals surface area contributed by atoms with Crippen LogP contribution in [0.2, 0.25) is 0 Å². The van der Waals surface area contributed by atoms with Crippen molar-refractivity contribution in [2.24, 2.45) is 0 Å². The molecular weight excluding hydrogens is 176 g/mol. The number of rotatable bonds is 2. The van der Waals surface area contributed by atoms with Crippen LogP contribution in [0.25, 0.3) is 0 Å². The van der Waals surface area contributed by atoms with E-state index in [4.69, 9.17) is 9.29 Å². The first-order chi connectivity index (χ1) is 5.65. The van der Waals surface area contributed by atoms with Crippen LogP contribution in [-0.4, -0.2) is 15.9 Å². The average molecular weight is 186 g/mol. The normalized spacial score (nSPS) is 12.6. The maximum absolute atomic E-state index is 10.6. The second kappa shape index (κ2) is 3.69. The molecule has 0 bridgehead atoms. The van der Waals surface area contributed by atoms with Gasteiger partial charge in [0.2, 0.25) is 0 Å². The van der Waals surface area contributed by atoms with E-state index in [1.54, 1.807) is 25.3 Å². The monoisotopic (exact) mass is 186 g/mol. The summed E-state index contributed by atoms with van der Waals surface area (Å²) in [7, 11) is 1.57. The first-order valence-electron chi connectivity index (χ1n) is 3.40. The lowest BCUT2D eigenvalue weighted by Gasteiger charge is -2.04. The first kappa shape index (κ1) is 9.22. The van der Waals surface area contributed by atoms with Crippen molar-refractivity contribution in [3.63, 3.8) is 0 Å². The highest BCUT2D eigenvalue weighted by molar-refractivity contribution is 7.79. The van der Waals surface area contributed by atoms with Crippen LogP contribution < -0.4 is 4.74 Å². The number of hydrogen-bond donors (Lipinski definition) is 1. The molecule has 66 valence electrons. The van der Waals surface area contributed by atoms with Gasteiger partial charge >= 0.3 is 0 Å². The van der Waals surface area contributed by atoms with Gasteiger partial charge < -0.3 is 9.29 Å². The zero-order valence-electron chi connectivity index (χ0n) is 6.90. The van der Waals surface area contributed by atoms with Crippen molar-refractivity contribution < 1.29 is 13.5 Å². The summed E-state index contributed by atoms with van der Waals surface area (Å²) in [6, 6.07) is 4.88. The van der Waals surface area contributed by atoms with Crippen LogP contribution in [0.15, 0.2) is 23.1 Å². The maximum atomic E-state index is 10.6. The Morgan fingerprint density at radius 3 is 2.58 bits per heavy atom. The van der Waals surface area contributed by atoms with E-state index in [9.17, 15) is 4.21 Å². The third-order valence-corrected chi connectivity index (χ3v) is 2.23. The van der Waals surface area contributed by atoms with Crippen LogP contribution >= 0.6 is 0 Å². The highest BCUT2D eigenvalue weighted by Gasteiger charge is 2.02. The lowest BCUT2D eigenvalue weighted by atomic mass is 10.2. The van der Waals surface area contributed by atoms with Crippen LogP contribution in [0.3, 0.4) is 0 Å². The van der Waals surface area contributed by atoms with Gasteiger partial charge in [-0.2, -0.15) is 0 Å². The molecule has 0 radical (unpaired) electrons.